The highest BCUT2D eigenvalue weighted by molar-refractivity contribution is 5.96. The molecule has 2 fully saturated rings. The van der Waals surface area contributed by atoms with E-state index in [0.717, 1.165) is 31.2 Å². The van der Waals surface area contributed by atoms with Crippen molar-refractivity contribution in [1.29, 1.82) is 0 Å². The van der Waals surface area contributed by atoms with Crippen LogP contribution in [-0.4, -0.2) is 48.0 Å². The summed E-state index contributed by atoms with van der Waals surface area (Å²) in [5.41, 5.74) is 7.80. The molecule has 0 radical (unpaired) electrons. The normalized spacial score (nSPS) is 26.2. The molecule has 7 nitrogen and oxygen atoms in total. The SMILES string of the molecule is CN(C)[C@]1(c2ccccc2)CC[C@@]2(CC1)CN(c1cnccc1CC(N)=O)C(=O)N2. The number of hydrogen-bond donors (Lipinski definition) is 2. The standard InChI is InChI=1S/C23H29N5O2/c1-27(2)23(18-6-4-3-5-7-18)11-9-22(10-12-23)16-28(21(30)26-22)19-15-25-13-8-17(19)14-20(24)29/h3-8,13,15H,9-12,14,16H2,1-2H3,(H2,24,29)(H,26,30)/t22-,23-. The van der Waals surface area contributed by atoms with Gasteiger partial charge in [-0.05, 0) is 57.0 Å². The summed E-state index contributed by atoms with van der Waals surface area (Å²) >= 11 is 0. The van der Waals surface area contributed by atoms with E-state index in [4.69, 9.17) is 5.73 Å². The van der Waals surface area contributed by atoms with Gasteiger partial charge in [-0.3, -0.25) is 19.6 Å². The molecule has 1 aliphatic carbocycles. The summed E-state index contributed by atoms with van der Waals surface area (Å²) in [4.78, 5) is 32.6. The molecule has 0 bridgehead atoms. The quantitative estimate of drug-likeness (QED) is 0.796. The molecule has 7 heteroatoms. The fourth-order valence-electron chi connectivity index (χ4n) is 5.07. The molecule has 3 N–H and O–H groups in total. The van der Waals surface area contributed by atoms with Gasteiger partial charge in [-0.25, -0.2) is 4.79 Å². The van der Waals surface area contributed by atoms with Crippen LogP contribution in [-0.2, 0) is 16.8 Å². The molecule has 2 aliphatic rings. The highest BCUT2D eigenvalue weighted by Gasteiger charge is 2.50. The summed E-state index contributed by atoms with van der Waals surface area (Å²) < 4.78 is 0. The summed E-state index contributed by atoms with van der Waals surface area (Å²) in [6, 6.07) is 12.2. The van der Waals surface area contributed by atoms with Gasteiger partial charge < -0.3 is 11.1 Å². The number of carbonyl (C=O) groups excluding carboxylic acids is 2. The van der Waals surface area contributed by atoms with Crippen molar-refractivity contribution < 1.29 is 9.59 Å². The van der Waals surface area contributed by atoms with Crippen molar-refractivity contribution in [1.82, 2.24) is 15.2 Å². The third-order valence-corrected chi connectivity index (χ3v) is 6.82. The lowest BCUT2D eigenvalue weighted by atomic mass is 9.69. The maximum absolute atomic E-state index is 12.9. The molecule has 4 rings (SSSR count). The highest BCUT2D eigenvalue weighted by Crippen LogP contribution is 2.46. The second-order valence-corrected chi connectivity index (χ2v) is 8.74. The number of benzene rings is 1. The molecule has 158 valence electrons. The summed E-state index contributed by atoms with van der Waals surface area (Å²) in [6.45, 7) is 0.571. The second-order valence-electron chi connectivity index (χ2n) is 8.74. The molecule has 30 heavy (non-hydrogen) atoms. The van der Waals surface area contributed by atoms with Gasteiger partial charge in [-0.15, -0.1) is 0 Å². The van der Waals surface area contributed by atoms with Gasteiger partial charge in [0.1, 0.15) is 0 Å². The number of urea groups is 1. The fraction of sp³-hybridized carbons (Fsp3) is 0.435. The van der Waals surface area contributed by atoms with Crippen LogP contribution in [0, 0.1) is 0 Å². The predicted molar refractivity (Wildman–Crippen MR) is 116 cm³/mol. The monoisotopic (exact) mass is 407 g/mol. The largest absolute Gasteiger partial charge is 0.369 e. The molecule has 1 spiro atoms. The van der Waals surface area contributed by atoms with E-state index in [-0.39, 0.29) is 23.5 Å². The lowest BCUT2D eigenvalue weighted by Gasteiger charge is -2.48. The smallest absolute Gasteiger partial charge is 0.322 e. The van der Waals surface area contributed by atoms with E-state index < -0.39 is 5.91 Å². The van der Waals surface area contributed by atoms with Gasteiger partial charge in [0.25, 0.3) is 0 Å². The van der Waals surface area contributed by atoms with E-state index in [1.54, 1.807) is 23.4 Å². The fourth-order valence-corrected chi connectivity index (χ4v) is 5.07. The first-order chi connectivity index (χ1) is 14.4. The van der Waals surface area contributed by atoms with E-state index in [1.807, 2.05) is 6.07 Å². The molecular formula is C23H29N5O2. The summed E-state index contributed by atoms with van der Waals surface area (Å²) in [6.07, 6.45) is 7.04. The molecular weight excluding hydrogens is 378 g/mol. The predicted octanol–water partition coefficient (Wildman–Crippen LogP) is 2.41. The Kier molecular flexibility index (Phi) is 5.24. The first-order valence-corrected chi connectivity index (χ1v) is 10.4. The van der Waals surface area contributed by atoms with Crippen molar-refractivity contribution in [2.45, 2.75) is 43.2 Å². The minimum atomic E-state index is -0.423. The van der Waals surface area contributed by atoms with E-state index in [0.29, 0.717) is 12.2 Å². The van der Waals surface area contributed by atoms with E-state index in [1.165, 1.54) is 5.56 Å². The zero-order valence-corrected chi connectivity index (χ0v) is 17.6. The highest BCUT2D eigenvalue weighted by atomic mass is 16.2. The van der Waals surface area contributed by atoms with Crippen molar-refractivity contribution in [2.24, 2.45) is 5.73 Å². The van der Waals surface area contributed by atoms with Gasteiger partial charge >= 0.3 is 6.03 Å². The van der Waals surface area contributed by atoms with Crippen molar-refractivity contribution in [3.8, 4) is 0 Å². The van der Waals surface area contributed by atoms with E-state index >= 15 is 0 Å². The van der Waals surface area contributed by atoms with Crippen LogP contribution in [0.2, 0.25) is 0 Å². The first-order valence-electron chi connectivity index (χ1n) is 10.4. The van der Waals surface area contributed by atoms with Crippen LogP contribution in [0.5, 0.6) is 0 Å². The topological polar surface area (TPSA) is 91.6 Å². The third-order valence-electron chi connectivity index (χ3n) is 6.82. The van der Waals surface area contributed by atoms with E-state index in [9.17, 15) is 9.59 Å². The van der Waals surface area contributed by atoms with Crippen molar-refractivity contribution in [2.75, 3.05) is 25.5 Å². The Balaban J connectivity index is 1.56. The third kappa shape index (κ3) is 3.54. The Hall–Kier alpha value is -2.93. The van der Waals surface area contributed by atoms with Gasteiger partial charge in [-0.1, -0.05) is 30.3 Å². The summed E-state index contributed by atoms with van der Waals surface area (Å²) in [7, 11) is 4.27. The second kappa shape index (κ2) is 7.72. The molecule has 2 heterocycles. The number of carbonyl (C=O) groups is 2. The number of aromatic nitrogens is 1. The Morgan fingerprint density at radius 3 is 2.50 bits per heavy atom. The first kappa shape index (κ1) is 20.3. The number of nitrogens with zero attached hydrogens (tertiary/aromatic N) is 3. The van der Waals surface area contributed by atoms with Crippen LogP contribution in [0.15, 0.2) is 48.8 Å². The molecule has 2 aromatic rings. The molecule has 0 unspecified atom stereocenters. The van der Waals surface area contributed by atoms with Crippen LogP contribution in [0.4, 0.5) is 10.5 Å². The minimum absolute atomic E-state index is 0.0317. The van der Waals surface area contributed by atoms with Crippen LogP contribution in [0.25, 0.3) is 0 Å². The number of nitrogens with two attached hydrogens (primary N) is 1. The average molecular weight is 408 g/mol. The number of anilines is 1. The van der Waals surface area contributed by atoms with Gasteiger partial charge in [-0.2, -0.15) is 0 Å². The van der Waals surface area contributed by atoms with Crippen molar-refractivity contribution >= 4 is 17.6 Å². The van der Waals surface area contributed by atoms with Crippen molar-refractivity contribution in [3.05, 3.63) is 59.9 Å². The maximum atomic E-state index is 12.9. The average Bonchev–Trinajstić information content (AvgIpc) is 3.05. The summed E-state index contributed by atoms with van der Waals surface area (Å²) in [5.74, 6) is -0.423. The molecule has 1 aromatic carbocycles. The Morgan fingerprint density at radius 2 is 1.87 bits per heavy atom. The molecule has 1 aromatic heterocycles. The van der Waals surface area contributed by atoms with E-state index in [2.05, 4.69) is 53.6 Å². The number of pyridine rings is 1. The van der Waals surface area contributed by atoms with Crippen LogP contribution >= 0.6 is 0 Å². The molecule has 0 atom stereocenters. The Bertz CT molecular complexity index is 936. The van der Waals surface area contributed by atoms with Crippen molar-refractivity contribution in [3.63, 3.8) is 0 Å². The lowest BCUT2D eigenvalue weighted by molar-refractivity contribution is -0.117. The number of primary amides is 1. The Labute approximate surface area is 177 Å². The summed E-state index contributed by atoms with van der Waals surface area (Å²) in [5, 5.41) is 3.25. The zero-order chi connectivity index (χ0) is 21.4. The maximum Gasteiger partial charge on any atom is 0.322 e. The van der Waals surface area contributed by atoms with Gasteiger partial charge in [0, 0.05) is 11.7 Å². The number of nitrogens with one attached hydrogen (secondary N) is 1. The molecule has 1 aliphatic heterocycles. The number of rotatable bonds is 5. The van der Waals surface area contributed by atoms with Gasteiger partial charge in [0.2, 0.25) is 5.91 Å². The molecule has 1 saturated carbocycles. The van der Waals surface area contributed by atoms with Gasteiger partial charge in [0.05, 0.1) is 30.4 Å². The zero-order valence-electron chi connectivity index (χ0n) is 17.6. The Morgan fingerprint density at radius 1 is 1.17 bits per heavy atom. The molecule has 3 amide bonds. The number of hydrogen-bond acceptors (Lipinski definition) is 4. The lowest BCUT2D eigenvalue weighted by Crippen LogP contribution is -2.54. The minimum Gasteiger partial charge on any atom is -0.369 e. The van der Waals surface area contributed by atoms with Gasteiger partial charge in [0.15, 0.2) is 0 Å². The van der Waals surface area contributed by atoms with Crippen LogP contribution in [0.1, 0.15) is 36.8 Å². The molecule has 1 saturated heterocycles. The number of amides is 3. The van der Waals surface area contributed by atoms with Crippen LogP contribution in [0.3, 0.4) is 0 Å². The van der Waals surface area contributed by atoms with Crippen LogP contribution < -0.4 is 16.0 Å².